The molecular weight excluding hydrogens is 450 g/mol. The lowest BCUT2D eigenvalue weighted by Crippen LogP contribution is -2.18. The lowest BCUT2D eigenvalue weighted by Gasteiger charge is -2.21. The van der Waals surface area contributed by atoms with E-state index in [0.29, 0.717) is 0 Å². The Morgan fingerprint density at radius 1 is 0.950 bits per heavy atom. The minimum absolute atomic E-state index is 0.0521. The van der Waals surface area contributed by atoms with Crippen LogP contribution in [0.3, 0.4) is 0 Å². The number of benzene rings is 2. The molecule has 0 aliphatic rings. The first-order valence-electron chi connectivity index (χ1n) is 6.02. The Balaban J connectivity index is 2.54. The van der Waals surface area contributed by atoms with Crippen LogP contribution in [0.2, 0.25) is 0 Å². The van der Waals surface area contributed by atoms with E-state index < -0.39 is 0 Å². The summed E-state index contributed by atoms with van der Waals surface area (Å²) in [6.45, 7) is 0. The highest BCUT2D eigenvalue weighted by Gasteiger charge is 2.18. The maximum absolute atomic E-state index is 5.48. The van der Waals surface area contributed by atoms with Crippen LogP contribution in [-0.2, 0) is 0 Å². The summed E-state index contributed by atoms with van der Waals surface area (Å²) < 4.78 is 8.59. The van der Waals surface area contributed by atoms with E-state index in [-0.39, 0.29) is 6.04 Å². The molecule has 5 heteroatoms. The third-order valence-corrected chi connectivity index (χ3v) is 4.42. The molecule has 0 aromatic heterocycles. The van der Waals surface area contributed by atoms with Crippen molar-refractivity contribution in [2.45, 2.75) is 6.04 Å². The summed E-state index contributed by atoms with van der Waals surface area (Å²) >= 11 is 10.6. The van der Waals surface area contributed by atoms with E-state index in [9.17, 15) is 0 Å². The summed E-state index contributed by atoms with van der Waals surface area (Å²) in [5.41, 5.74) is 2.25. The third kappa shape index (κ3) is 3.64. The van der Waals surface area contributed by atoms with Gasteiger partial charge in [0.15, 0.2) is 0 Å². The first-order valence-corrected chi connectivity index (χ1v) is 8.39. The highest BCUT2D eigenvalue weighted by atomic mass is 79.9. The molecule has 0 aliphatic carbocycles. The van der Waals surface area contributed by atoms with Crippen LogP contribution < -0.4 is 10.1 Å². The maximum atomic E-state index is 5.48. The van der Waals surface area contributed by atoms with E-state index in [1.807, 2.05) is 25.2 Å². The fourth-order valence-electron chi connectivity index (χ4n) is 2.17. The van der Waals surface area contributed by atoms with E-state index in [1.54, 1.807) is 7.11 Å². The number of rotatable bonds is 4. The second-order valence-electron chi connectivity index (χ2n) is 4.31. The monoisotopic (exact) mass is 461 g/mol. The Hall–Kier alpha value is -0.360. The van der Waals surface area contributed by atoms with E-state index in [4.69, 9.17) is 4.74 Å². The summed E-state index contributed by atoms with van der Waals surface area (Å²) in [6.07, 6.45) is 0. The zero-order valence-electron chi connectivity index (χ0n) is 11.1. The van der Waals surface area contributed by atoms with Gasteiger partial charge in [-0.3, -0.25) is 0 Å². The molecule has 0 bridgehead atoms. The molecule has 2 nitrogen and oxygen atoms in total. The molecule has 2 rings (SSSR count). The summed E-state index contributed by atoms with van der Waals surface area (Å²) in [5, 5.41) is 3.35. The highest BCUT2D eigenvalue weighted by Crippen LogP contribution is 2.34. The van der Waals surface area contributed by atoms with E-state index >= 15 is 0 Å². The normalized spacial score (nSPS) is 12.2. The molecule has 0 saturated carbocycles. The molecule has 1 atom stereocenters. The molecule has 1 N–H and O–H groups in total. The van der Waals surface area contributed by atoms with Crippen LogP contribution in [0.1, 0.15) is 17.2 Å². The number of halogens is 3. The van der Waals surface area contributed by atoms with Crippen molar-refractivity contribution in [3.05, 3.63) is 60.9 Å². The zero-order chi connectivity index (χ0) is 14.7. The number of ether oxygens (including phenoxy) is 1. The molecule has 0 spiro atoms. The average molecular weight is 464 g/mol. The van der Waals surface area contributed by atoms with Crippen LogP contribution in [0, 0.1) is 0 Å². The Morgan fingerprint density at radius 3 is 2.15 bits per heavy atom. The summed E-state index contributed by atoms with van der Waals surface area (Å²) in [5.74, 6) is 0.864. The van der Waals surface area contributed by atoms with Crippen molar-refractivity contribution in [3.63, 3.8) is 0 Å². The number of hydrogen-bond acceptors (Lipinski definition) is 2. The molecule has 0 aliphatic heterocycles. The van der Waals surface area contributed by atoms with Gasteiger partial charge in [-0.15, -0.1) is 0 Å². The van der Waals surface area contributed by atoms with Crippen molar-refractivity contribution < 1.29 is 4.74 Å². The number of hydrogen-bond donors (Lipinski definition) is 1. The molecule has 0 saturated heterocycles. The highest BCUT2D eigenvalue weighted by molar-refractivity contribution is 9.11. The smallest absolute Gasteiger partial charge is 0.124 e. The minimum Gasteiger partial charge on any atom is -0.496 e. The van der Waals surface area contributed by atoms with Crippen molar-refractivity contribution in [2.75, 3.05) is 14.2 Å². The van der Waals surface area contributed by atoms with Gasteiger partial charge in [-0.05, 0) is 49.0 Å². The van der Waals surface area contributed by atoms with Gasteiger partial charge in [0.1, 0.15) is 5.75 Å². The van der Waals surface area contributed by atoms with Crippen LogP contribution in [0.5, 0.6) is 5.75 Å². The fraction of sp³-hybridized carbons (Fsp3) is 0.200. The second-order valence-corrected chi connectivity index (χ2v) is 7.06. The zero-order valence-corrected chi connectivity index (χ0v) is 15.8. The molecule has 2 aromatic carbocycles. The van der Waals surface area contributed by atoms with Gasteiger partial charge in [-0.25, -0.2) is 0 Å². The quantitative estimate of drug-likeness (QED) is 0.665. The first-order chi connectivity index (χ1) is 9.55. The summed E-state index contributed by atoms with van der Waals surface area (Å²) in [7, 11) is 3.64. The van der Waals surface area contributed by atoms with Crippen molar-refractivity contribution in [2.24, 2.45) is 0 Å². The summed E-state index contributed by atoms with van der Waals surface area (Å²) in [6, 6.07) is 12.3. The van der Waals surface area contributed by atoms with Crippen LogP contribution in [-0.4, -0.2) is 14.2 Å². The molecule has 0 fully saturated rings. The maximum Gasteiger partial charge on any atom is 0.124 e. The van der Waals surface area contributed by atoms with Crippen LogP contribution in [0.25, 0.3) is 0 Å². The van der Waals surface area contributed by atoms with Crippen molar-refractivity contribution in [1.82, 2.24) is 5.32 Å². The Bertz CT molecular complexity index is 596. The van der Waals surface area contributed by atoms with Gasteiger partial charge in [-0.1, -0.05) is 47.8 Å². The van der Waals surface area contributed by atoms with E-state index in [0.717, 1.165) is 30.3 Å². The average Bonchev–Trinajstić information content (AvgIpc) is 2.39. The lowest BCUT2D eigenvalue weighted by atomic mass is 9.98. The molecule has 0 heterocycles. The number of methoxy groups -OCH3 is 1. The predicted molar refractivity (Wildman–Crippen MR) is 93.4 cm³/mol. The Morgan fingerprint density at radius 2 is 1.60 bits per heavy atom. The molecule has 20 heavy (non-hydrogen) atoms. The SMILES string of the molecule is CNC(c1cc(Br)cc(Br)c1)c1cc(Br)ccc1OC. The number of nitrogens with one attached hydrogen (secondary N) is 1. The van der Waals surface area contributed by atoms with E-state index in [2.05, 4.69) is 71.3 Å². The summed E-state index contributed by atoms with van der Waals surface area (Å²) in [4.78, 5) is 0. The topological polar surface area (TPSA) is 21.3 Å². The van der Waals surface area contributed by atoms with Crippen LogP contribution >= 0.6 is 47.8 Å². The molecule has 1 unspecified atom stereocenters. The fourth-order valence-corrected chi connectivity index (χ4v) is 3.88. The minimum atomic E-state index is 0.0521. The van der Waals surface area contributed by atoms with Gasteiger partial charge in [0, 0.05) is 19.0 Å². The van der Waals surface area contributed by atoms with Gasteiger partial charge in [-0.2, -0.15) is 0 Å². The standard InChI is InChI=1S/C15H14Br3NO/c1-19-15(9-5-11(17)7-12(18)6-9)13-8-10(16)3-4-14(13)20-2/h3-8,15,19H,1-2H3. The molecule has 106 valence electrons. The van der Waals surface area contributed by atoms with Crippen molar-refractivity contribution >= 4 is 47.8 Å². The molecule has 2 aromatic rings. The predicted octanol–water partition coefficient (Wildman–Crippen LogP) is 5.29. The van der Waals surface area contributed by atoms with E-state index in [1.165, 1.54) is 0 Å². The third-order valence-electron chi connectivity index (χ3n) is 3.01. The van der Waals surface area contributed by atoms with Crippen LogP contribution in [0.4, 0.5) is 0 Å². The van der Waals surface area contributed by atoms with Gasteiger partial charge in [0.25, 0.3) is 0 Å². The van der Waals surface area contributed by atoms with Crippen LogP contribution in [0.15, 0.2) is 49.8 Å². The molecule has 0 radical (unpaired) electrons. The molecular formula is C15H14Br3NO. The van der Waals surface area contributed by atoms with Crippen molar-refractivity contribution in [1.29, 1.82) is 0 Å². The van der Waals surface area contributed by atoms with Gasteiger partial charge in [0.05, 0.1) is 13.2 Å². The van der Waals surface area contributed by atoms with Gasteiger partial charge < -0.3 is 10.1 Å². The Labute approximate surface area is 144 Å². The lowest BCUT2D eigenvalue weighted by molar-refractivity contribution is 0.405. The van der Waals surface area contributed by atoms with Crippen molar-refractivity contribution in [3.8, 4) is 5.75 Å². The first kappa shape index (κ1) is 16.0. The largest absolute Gasteiger partial charge is 0.496 e. The Kier molecular flexibility index (Phi) is 5.66. The van der Waals surface area contributed by atoms with Gasteiger partial charge >= 0.3 is 0 Å². The van der Waals surface area contributed by atoms with Gasteiger partial charge in [0.2, 0.25) is 0 Å². The molecule has 0 amide bonds. The second kappa shape index (κ2) is 7.07.